The number of hydrogen-bond acceptors (Lipinski definition) is 5. The molecule has 0 aliphatic heterocycles. The van der Waals surface area contributed by atoms with Gasteiger partial charge in [-0.15, -0.1) is 0 Å². The molecule has 0 aliphatic rings. The maximum atomic E-state index is 12.6. The van der Waals surface area contributed by atoms with Gasteiger partial charge in [-0.3, -0.25) is 4.79 Å². The van der Waals surface area contributed by atoms with Gasteiger partial charge in [-0.2, -0.15) is 5.26 Å². The van der Waals surface area contributed by atoms with Crippen molar-refractivity contribution in [3.05, 3.63) is 66.1 Å². The van der Waals surface area contributed by atoms with Gasteiger partial charge < -0.3 is 19.8 Å². The Labute approximate surface area is 170 Å². The Morgan fingerprint density at radius 2 is 1.93 bits per heavy atom. The second kappa shape index (κ2) is 11.3. The molecule has 0 saturated heterocycles. The van der Waals surface area contributed by atoms with E-state index in [1.807, 2.05) is 50.2 Å². The number of hydrogen-bond donors (Lipinski definition) is 2. The quantitative estimate of drug-likeness (QED) is 0.674. The lowest BCUT2D eigenvalue weighted by Gasteiger charge is -2.20. The van der Waals surface area contributed by atoms with Crippen molar-refractivity contribution in [2.24, 2.45) is 5.92 Å². The molecule has 7 heteroatoms. The number of nitrogens with zero attached hydrogens (tertiary/aromatic N) is 1. The summed E-state index contributed by atoms with van der Waals surface area (Å²) >= 11 is 0. The molecular weight excluding hydrogens is 370 g/mol. The van der Waals surface area contributed by atoms with E-state index >= 15 is 0 Å². The molecule has 29 heavy (non-hydrogen) atoms. The number of amides is 2. The van der Waals surface area contributed by atoms with Crippen LogP contribution in [-0.4, -0.2) is 24.1 Å². The van der Waals surface area contributed by atoms with Crippen LogP contribution in [0.25, 0.3) is 6.08 Å². The van der Waals surface area contributed by atoms with Crippen molar-refractivity contribution in [3.63, 3.8) is 0 Å². The molecule has 1 aromatic carbocycles. The summed E-state index contributed by atoms with van der Waals surface area (Å²) in [4.78, 5) is 24.8. The Hall–Kier alpha value is -3.53. The van der Waals surface area contributed by atoms with Crippen molar-refractivity contribution < 1.29 is 18.7 Å². The Bertz CT molecular complexity index is 839. The summed E-state index contributed by atoms with van der Waals surface area (Å²) in [5, 5.41) is 14.5. The van der Waals surface area contributed by atoms with E-state index in [-0.39, 0.29) is 12.5 Å². The first kappa shape index (κ1) is 21.8. The van der Waals surface area contributed by atoms with Gasteiger partial charge in [-0.25, -0.2) is 4.79 Å². The number of alkyl carbamates (subject to hydrolysis) is 1. The summed E-state index contributed by atoms with van der Waals surface area (Å²) in [5.74, 6) is 0.270. The minimum atomic E-state index is -0.857. The van der Waals surface area contributed by atoms with E-state index in [0.29, 0.717) is 12.2 Å². The van der Waals surface area contributed by atoms with Crippen molar-refractivity contribution >= 4 is 18.1 Å². The van der Waals surface area contributed by atoms with Crippen molar-refractivity contribution in [2.75, 3.05) is 0 Å². The Morgan fingerprint density at radius 1 is 1.17 bits per heavy atom. The molecule has 7 nitrogen and oxygen atoms in total. The largest absolute Gasteiger partial charge is 0.465 e. The Balaban J connectivity index is 1.93. The van der Waals surface area contributed by atoms with Gasteiger partial charge in [-0.1, -0.05) is 44.2 Å². The van der Waals surface area contributed by atoms with Gasteiger partial charge >= 0.3 is 6.09 Å². The molecule has 0 bridgehead atoms. The third kappa shape index (κ3) is 7.93. The van der Waals surface area contributed by atoms with Crippen molar-refractivity contribution in [1.82, 2.24) is 10.6 Å². The molecule has 0 aliphatic carbocycles. The summed E-state index contributed by atoms with van der Waals surface area (Å²) in [5.41, 5.74) is 0.847. The highest BCUT2D eigenvalue weighted by Crippen LogP contribution is 2.08. The number of benzene rings is 1. The van der Waals surface area contributed by atoms with E-state index in [1.54, 1.807) is 18.2 Å². The minimum Gasteiger partial charge on any atom is -0.465 e. The zero-order valence-corrected chi connectivity index (χ0v) is 16.5. The fourth-order valence-electron chi connectivity index (χ4n) is 2.56. The van der Waals surface area contributed by atoms with Crippen LogP contribution in [0.1, 0.15) is 31.6 Å². The van der Waals surface area contributed by atoms with Gasteiger partial charge in [0.15, 0.2) is 0 Å². The Morgan fingerprint density at radius 3 is 2.55 bits per heavy atom. The molecular formula is C22H25N3O4. The van der Waals surface area contributed by atoms with E-state index in [9.17, 15) is 14.9 Å². The smallest absolute Gasteiger partial charge is 0.408 e. The van der Waals surface area contributed by atoms with Crippen LogP contribution >= 0.6 is 0 Å². The molecule has 1 unspecified atom stereocenters. The molecule has 2 N–H and O–H groups in total. The van der Waals surface area contributed by atoms with Gasteiger partial charge in [0.05, 0.1) is 12.3 Å². The van der Waals surface area contributed by atoms with Crippen LogP contribution in [0.15, 0.2) is 59.2 Å². The molecule has 2 atom stereocenters. The third-order valence-electron chi connectivity index (χ3n) is 3.96. The van der Waals surface area contributed by atoms with E-state index in [4.69, 9.17) is 9.15 Å². The summed E-state index contributed by atoms with van der Waals surface area (Å²) in [6, 6.07) is 13.0. The van der Waals surface area contributed by atoms with E-state index in [2.05, 4.69) is 10.6 Å². The predicted molar refractivity (Wildman–Crippen MR) is 108 cm³/mol. The first-order valence-electron chi connectivity index (χ1n) is 9.37. The second-order valence-corrected chi connectivity index (χ2v) is 6.88. The topological polar surface area (TPSA) is 104 Å². The summed E-state index contributed by atoms with van der Waals surface area (Å²) in [6.07, 6.45) is 4.37. The number of ether oxygens (including phenoxy) is 1. The van der Waals surface area contributed by atoms with Gasteiger partial charge in [0.1, 0.15) is 24.5 Å². The molecule has 0 radical (unpaired) electrons. The average Bonchev–Trinajstić information content (AvgIpc) is 3.23. The van der Waals surface area contributed by atoms with E-state index in [0.717, 1.165) is 5.56 Å². The maximum absolute atomic E-state index is 12.6. The molecule has 2 amide bonds. The number of carbonyl (C=O) groups is 2. The van der Waals surface area contributed by atoms with Gasteiger partial charge in [0.2, 0.25) is 5.91 Å². The molecule has 1 heterocycles. The lowest BCUT2D eigenvalue weighted by molar-refractivity contribution is -0.123. The van der Waals surface area contributed by atoms with Crippen LogP contribution in [0.5, 0.6) is 0 Å². The van der Waals surface area contributed by atoms with Crippen molar-refractivity contribution in [2.45, 2.75) is 39.0 Å². The molecule has 152 valence electrons. The lowest BCUT2D eigenvalue weighted by atomic mass is 10.0. The average molecular weight is 395 g/mol. The first-order chi connectivity index (χ1) is 14.0. The van der Waals surface area contributed by atoms with E-state index in [1.165, 1.54) is 12.3 Å². The number of nitrogens with one attached hydrogen (secondary N) is 2. The van der Waals surface area contributed by atoms with Crippen LogP contribution in [0.4, 0.5) is 4.79 Å². The molecule has 2 aromatic rings. The van der Waals surface area contributed by atoms with Crippen molar-refractivity contribution in [1.29, 1.82) is 5.26 Å². The number of rotatable bonds is 9. The Kier molecular flexibility index (Phi) is 8.51. The maximum Gasteiger partial charge on any atom is 0.408 e. The predicted octanol–water partition coefficient (Wildman–Crippen LogP) is 3.64. The standard InChI is InChI=1S/C22H25N3O4/c1-16(2)13-20(25-22(27)29-15-17-7-4-3-5-8-17)21(26)24-18(14-23)10-11-19-9-6-12-28-19/h3-12,16,18,20H,13,15H2,1-2H3,(H,24,26)(H,25,27)/b11-10+/t18?,20-/m0/s1. The summed E-state index contributed by atoms with van der Waals surface area (Å²) in [6.45, 7) is 3.99. The number of carbonyl (C=O) groups excluding carboxylic acids is 2. The third-order valence-corrected chi connectivity index (χ3v) is 3.96. The molecule has 0 spiro atoms. The van der Waals surface area contributed by atoms with Crippen LogP contribution in [0.2, 0.25) is 0 Å². The van der Waals surface area contributed by atoms with Gasteiger partial charge in [0, 0.05) is 0 Å². The fourth-order valence-corrected chi connectivity index (χ4v) is 2.56. The summed E-state index contributed by atoms with van der Waals surface area (Å²) < 4.78 is 10.4. The monoisotopic (exact) mass is 395 g/mol. The SMILES string of the molecule is CC(C)C[C@H](NC(=O)OCc1ccccc1)C(=O)NC(C#N)/C=C/c1ccco1. The van der Waals surface area contributed by atoms with Crippen LogP contribution in [-0.2, 0) is 16.1 Å². The van der Waals surface area contributed by atoms with Crippen LogP contribution in [0.3, 0.4) is 0 Å². The zero-order valence-electron chi connectivity index (χ0n) is 16.5. The van der Waals surface area contributed by atoms with Crippen LogP contribution in [0, 0.1) is 17.2 Å². The first-order valence-corrected chi connectivity index (χ1v) is 9.37. The fraction of sp³-hybridized carbons (Fsp3) is 0.318. The highest BCUT2D eigenvalue weighted by atomic mass is 16.5. The van der Waals surface area contributed by atoms with E-state index < -0.39 is 24.1 Å². The highest BCUT2D eigenvalue weighted by Gasteiger charge is 2.24. The minimum absolute atomic E-state index is 0.107. The van der Waals surface area contributed by atoms with Gasteiger partial charge in [0.25, 0.3) is 0 Å². The van der Waals surface area contributed by atoms with Crippen LogP contribution < -0.4 is 10.6 Å². The molecule has 2 rings (SSSR count). The molecule has 0 saturated carbocycles. The highest BCUT2D eigenvalue weighted by molar-refractivity contribution is 5.86. The van der Waals surface area contributed by atoms with Gasteiger partial charge in [-0.05, 0) is 42.2 Å². The molecule has 0 fully saturated rings. The van der Waals surface area contributed by atoms with Crippen molar-refractivity contribution in [3.8, 4) is 6.07 Å². The second-order valence-electron chi connectivity index (χ2n) is 6.88. The molecule has 1 aromatic heterocycles. The normalized spacial score (nSPS) is 12.9. The lowest BCUT2D eigenvalue weighted by Crippen LogP contribution is -2.49. The summed E-state index contributed by atoms with van der Waals surface area (Å²) in [7, 11) is 0. The number of furan rings is 1. The number of nitriles is 1. The zero-order chi connectivity index (χ0) is 21.1.